The summed E-state index contributed by atoms with van der Waals surface area (Å²) in [6.45, 7) is 9.97. The molecule has 3 aromatic heterocycles. The molecule has 0 saturated carbocycles. The Balaban J connectivity index is 1.76. The van der Waals surface area contributed by atoms with E-state index in [2.05, 4.69) is 20.4 Å². The Bertz CT molecular complexity index is 1600. The molecule has 0 unspecified atom stereocenters. The lowest BCUT2D eigenvalue weighted by atomic mass is 9.97. The van der Waals surface area contributed by atoms with Crippen LogP contribution in [0.25, 0.3) is 22.4 Å². The fourth-order valence-corrected chi connectivity index (χ4v) is 5.34. The molecule has 0 radical (unpaired) electrons. The number of nitrogens with zero attached hydrogens (tertiary/aromatic N) is 5. The van der Waals surface area contributed by atoms with Crippen LogP contribution in [0.2, 0.25) is 0 Å². The van der Waals surface area contributed by atoms with E-state index in [0.29, 0.717) is 17.5 Å². The Kier molecular flexibility index (Phi) is 7.98. The highest BCUT2D eigenvalue weighted by atomic mass is 32.2. The zero-order chi connectivity index (χ0) is 28.4. The molecule has 12 heteroatoms. The lowest BCUT2D eigenvalue weighted by molar-refractivity contribution is -0.144. The molecule has 0 amide bonds. The molecule has 39 heavy (non-hydrogen) atoms. The molecule has 0 fully saturated rings. The highest BCUT2D eigenvalue weighted by molar-refractivity contribution is 7.90. The number of aromatic nitrogens is 4. The van der Waals surface area contributed by atoms with Gasteiger partial charge in [-0.05, 0) is 43.5 Å². The third-order valence-electron chi connectivity index (χ3n) is 5.65. The van der Waals surface area contributed by atoms with E-state index in [1.165, 1.54) is 29.5 Å². The van der Waals surface area contributed by atoms with Gasteiger partial charge in [-0.25, -0.2) is 36.7 Å². The van der Waals surface area contributed by atoms with Gasteiger partial charge in [-0.2, -0.15) is 0 Å². The van der Waals surface area contributed by atoms with Gasteiger partial charge in [-0.3, -0.25) is 10.2 Å². The van der Waals surface area contributed by atoms with E-state index in [1.807, 2.05) is 27.7 Å². The first-order valence-corrected chi connectivity index (χ1v) is 13.8. The Morgan fingerprint density at radius 3 is 2.54 bits per heavy atom. The molecule has 0 atom stereocenters. The first kappa shape index (κ1) is 28.1. The number of fused-ring (bicyclic) bond motifs is 1. The molecule has 4 aromatic rings. The van der Waals surface area contributed by atoms with Gasteiger partial charge in [0.05, 0.1) is 17.7 Å². The zero-order valence-electron chi connectivity index (χ0n) is 22.5. The number of halogens is 1. The molecule has 10 nitrogen and oxygen atoms in total. The molecule has 1 N–H and O–H groups in total. The van der Waals surface area contributed by atoms with E-state index in [9.17, 15) is 17.6 Å². The lowest BCUT2D eigenvalue weighted by Gasteiger charge is -2.29. The van der Waals surface area contributed by atoms with Crippen LogP contribution in [0, 0.1) is 18.2 Å². The molecule has 4 rings (SSSR count). The predicted molar refractivity (Wildman–Crippen MR) is 146 cm³/mol. The van der Waals surface area contributed by atoms with Gasteiger partial charge in [-0.1, -0.05) is 38.5 Å². The van der Waals surface area contributed by atoms with Gasteiger partial charge in [0.25, 0.3) is 10.0 Å². The van der Waals surface area contributed by atoms with Crippen molar-refractivity contribution in [3.63, 3.8) is 0 Å². The van der Waals surface area contributed by atoms with Gasteiger partial charge in [-0.15, -0.1) is 0 Å². The normalized spacial score (nSPS) is 12.2. The van der Waals surface area contributed by atoms with Crippen molar-refractivity contribution in [2.24, 2.45) is 5.41 Å². The minimum atomic E-state index is -4.00. The number of rotatable bonds is 9. The van der Waals surface area contributed by atoms with Gasteiger partial charge < -0.3 is 4.74 Å². The summed E-state index contributed by atoms with van der Waals surface area (Å²) in [7, 11) is -4.00. The Morgan fingerprint density at radius 1 is 1.15 bits per heavy atom. The van der Waals surface area contributed by atoms with Gasteiger partial charge >= 0.3 is 5.97 Å². The van der Waals surface area contributed by atoms with Crippen molar-refractivity contribution in [1.82, 2.24) is 23.9 Å². The summed E-state index contributed by atoms with van der Waals surface area (Å²) in [5, 5.41) is 2.00. The predicted octanol–water partition coefficient (Wildman–Crippen LogP) is 4.42. The van der Waals surface area contributed by atoms with E-state index in [1.54, 1.807) is 31.2 Å². The number of hydrogen-bond acceptors (Lipinski definition) is 9. The van der Waals surface area contributed by atoms with Gasteiger partial charge in [0.1, 0.15) is 6.54 Å². The van der Waals surface area contributed by atoms with Crippen LogP contribution in [-0.4, -0.2) is 58.0 Å². The maximum absolute atomic E-state index is 14.9. The van der Waals surface area contributed by atoms with Crippen LogP contribution in [0.5, 0.6) is 0 Å². The van der Waals surface area contributed by atoms with Crippen molar-refractivity contribution in [2.75, 3.05) is 25.1 Å². The molecule has 0 aliphatic carbocycles. The number of carbonyl (C=O) groups is 1. The maximum atomic E-state index is 14.9. The number of carbonyl (C=O) groups excluding carboxylic acids is 1. The Labute approximate surface area is 226 Å². The van der Waals surface area contributed by atoms with Crippen molar-refractivity contribution in [1.29, 1.82) is 0 Å². The third-order valence-corrected chi connectivity index (χ3v) is 7.31. The largest absolute Gasteiger partial charge is 0.465 e. The number of ether oxygens (including phenoxy) is 1. The highest BCUT2D eigenvalue weighted by Gasteiger charge is 2.25. The minimum absolute atomic E-state index is 0.0848. The van der Waals surface area contributed by atoms with Crippen LogP contribution in [0.1, 0.15) is 33.3 Å². The summed E-state index contributed by atoms with van der Waals surface area (Å²) >= 11 is 0. The molecule has 1 aromatic carbocycles. The summed E-state index contributed by atoms with van der Waals surface area (Å²) in [6, 6.07) is 9.86. The molecule has 0 spiro atoms. The second-order valence-corrected chi connectivity index (χ2v) is 12.1. The van der Waals surface area contributed by atoms with E-state index >= 15 is 0 Å². The molecule has 0 aliphatic heterocycles. The van der Waals surface area contributed by atoms with Crippen LogP contribution < -0.4 is 5.43 Å². The zero-order valence-corrected chi connectivity index (χ0v) is 23.3. The molecule has 3 heterocycles. The number of hydrazine groups is 1. The monoisotopic (exact) mass is 554 g/mol. The number of benzene rings is 1. The molecule has 0 bridgehead atoms. The smallest absolute Gasteiger partial charge is 0.322 e. The number of anilines is 1. The van der Waals surface area contributed by atoms with Crippen molar-refractivity contribution in [3.05, 3.63) is 66.4 Å². The first-order chi connectivity index (χ1) is 18.4. The van der Waals surface area contributed by atoms with Crippen molar-refractivity contribution < 1.29 is 22.3 Å². The van der Waals surface area contributed by atoms with E-state index in [0.717, 1.165) is 15.7 Å². The molecule has 0 aliphatic rings. The Hall–Kier alpha value is -3.90. The molecular weight excluding hydrogens is 523 g/mol. The molecule has 206 valence electrons. The van der Waals surface area contributed by atoms with E-state index in [-0.39, 0.29) is 40.8 Å². The van der Waals surface area contributed by atoms with E-state index < -0.39 is 21.8 Å². The van der Waals surface area contributed by atoms with Gasteiger partial charge in [0.2, 0.25) is 0 Å². The summed E-state index contributed by atoms with van der Waals surface area (Å²) in [5.74, 6) is -1.30. The second kappa shape index (κ2) is 11.1. The standard InChI is InChI=1S/C27H31FN6O4S/c1-6-38-23(35)16-33(17-27(3,4)5)32-25-22(28)14-30-24(31-25)21-15-34(26-20(21)8-7-13-29-26)39(36,37)19-11-9-18(2)10-12-19/h7-15H,6,16-17H2,1-5H3,(H,30,31,32). The highest BCUT2D eigenvalue weighted by Crippen LogP contribution is 2.31. The number of aryl methyl sites for hydroxylation is 1. The van der Waals surface area contributed by atoms with Crippen LogP contribution >= 0.6 is 0 Å². The van der Waals surface area contributed by atoms with Crippen molar-refractivity contribution >= 4 is 32.8 Å². The molecule has 0 saturated heterocycles. The number of nitrogens with one attached hydrogen (secondary N) is 1. The van der Waals surface area contributed by atoms with Crippen LogP contribution in [0.15, 0.2) is 59.9 Å². The molecular formula is C27H31FN6O4S. The average molecular weight is 555 g/mol. The summed E-state index contributed by atoms with van der Waals surface area (Å²) < 4.78 is 48.1. The van der Waals surface area contributed by atoms with Crippen molar-refractivity contribution in [2.45, 2.75) is 39.5 Å². The van der Waals surface area contributed by atoms with Crippen molar-refractivity contribution in [3.8, 4) is 11.4 Å². The summed E-state index contributed by atoms with van der Waals surface area (Å²) in [6.07, 6.45) is 3.87. The quantitative estimate of drug-likeness (QED) is 0.237. The van der Waals surface area contributed by atoms with Crippen LogP contribution in [0.3, 0.4) is 0 Å². The topological polar surface area (TPSA) is 119 Å². The lowest BCUT2D eigenvalue weighted by Crippen LogP contribution is -2.41. The third kappa shape index (κ3) is 6.40. The number of pyridine rings is 1. The fourth-order valence-electron chi connectivity index (χ4n) is 4.01. The van der Waals surface area contributed by atoms with Crippen LogP contribution in [-0.2, 0) is 19.6 Å². The van der Waals surface area contributed by atoms with Gasteiger partial charge in [0.15, 0.2) is 23.1 Å². The number of hydrogen-bond donors (Lipinski definition) is 1. The minimum Gasteiger partial charge on any atom is -0.465 e. The van der Waals surface area contributed by atoms with Crippen LogP contribution in [0.4, 0.5) is 10.2 Å². The summed E-state index contributed by atoms with van der Waals surface area (Å²) in [4.78, 5) is 25.1. The Morgan fingerprint density at radius 2 is 1.87 bits per heavy atom. The fraction of sp³-hybridized carbons (Fsp3) is 0.333. The van der Waals surface area contributed by atoms with E-state index in [4.69, 9.17) is 4.74 Å². The maximum Gasteiger partial charge on any atom is 0.322 e. The summed E-state index contributed by atoms with van der Waals surface area (Å²) in [5.41, 5.74) is 4.11. The first-order valence-electron chi connectivity index (χ1n) is 12.4. The SMILES string of the molecule is CCOC(=O)CN(CC(C)(C)C)Nc1nc(-c2cn(S(=O)(=O)c3ccc(C)cc3)c3ncccc23)ncc1F. The van der Waals surface area contributed by atoms with Gasteiger partial charge in [0, 0.05) is 29.9 Å². The average Bonchev–Trinajstić information content (AvgIpc) is 3.25. The second-order valence-electron chi connectivity index (χ2n) is 10.3. The number of esters is 1.